The van der Waals surface area contributed by atoms with E-state index >= 15 is 0 Å². The molecule has 5 aromatic rings. The molecular formula is C41H46N8O5. The third-order valence-corrected chi connectivity index (χ3v) is 10.6. The number of amides is 3. The van der Waals surface area contributed by atoms with Gasteiger partial charge in [-0.2, -0.15) is 0 Å². The lowest BCUT2D eigenvalue weighted by molar-refractivity contribution is -0.135. The number of aromatic nitrogens is 4. The molecule has 2 fully saturated rings. The zero-order valence-electron chi connectivity index (χ0n) is 31.0. The van der Waals surface area contributed by atoms with E-state index in [9.17, 15) is 19.5 Å². The molecule has 2 saturated heterocycles. The van der Waals surface area contributed by atoms with Crippen LogP contribution in [0.15, 0.2) is 85.2 Å². The SMILES string of the molecule is COC(=O)NC(C(=O)N1CCCC1c1ncc(-c2ccc(-c3ccc(-c4cnc(C5CCCN5C(=O)O)[nH]4)cc3)c(N(C)c3ccccc3)c2)[nH]1)C(C)C. The van der Waals surface area contributed by atoms with Crippen molar-refractivity contribution >= 4 is 29.5 Å². The maximum Gasteiger partial charge on any atom is 0.407 e. The number of carbonyl (C=O) groups is 3. The molecule has 0 aliphatic carbocycles. The predicted molar refractivity (Wildman–Crippen MR) is 206 cm³/mol. The van der Waals surface area contributed by atoms with E-state index in [1.807, 2.05) is 43.1 Å². The standard InChI is InChI=1S/C41H46N8O5/c1-25(2)36(46-40(51)54-4)39(50)48-20-8-12-33(48)37-43-24-32(45-37)28-18-19-30(35(22-28)47(3)29-10-6-5-7-11-29)26-14-16-27(17-15-26)31-23-42-38(44-31)34-13-9-21-49(34)41(52)53/h5-7,10-11,14-19,22-25,33-34,36H,8-9,12-13,20-21H2,1-4H3,(H,42,44)(H,43,45)(H,46,51)(H,52,53). The van der Waals surface area contributed by atoms with Gasteiger partial charge < -0.3 is 34.9 Å². The summed E-state index contributed by atoms with van der Waals surface area (Å²) in [4.78, 5) is 59.1. The number of benzene rings is 3. The number of para-hydroxylation sites is 1. The predicted octanol–water partition coefficient (Wildman–Crippen LogP) is 7.76. The highest BCUT2D eigenvalue weighted by Crippen LogP contribution is 2.39. The molecular weight excluding hydrogens is 685 g/mol. The lowest BCUT2D eigenvalue weighted by Gasteiger charge is -2.30. The number of carbonyl (C=O) groups excluding carboxylic acids is 2. The number of hydrogen-bond donors (Lipinski definition) is 4. The van der Waals surface area contributed by atoms with E-state index in [1.54, 1.807) is 6.20 Å². The largest absolute Gasteiger partial charge is 0.465 e. The number of methoxy groups -OCH3 is 1. The Labute approximate surface area is 314 Å². The summed E-state index contributed by atoms with van der Waals surface area (Å²) in [6.45, 7) is 4.90. The maximum absolute atomic E-state index is 13.7. The molecule has 3 aromatic carbocycles. The Hall–Kier alpha value is -6.11. The van der Waals surface area contributed by atoms with Crippen LogP contribution in [0.3, 0.4) is 0 Å². The molecule has 4 N–H and O–H groups in total. The number of rotatable bonds is 10. The van der Waals surface area contributed by atoms with Crippen molar-refractivity contribution in [2.24, 2.45) is 5.92 Å². The van der Waals surface area contributed by atoms with Gasteiger partial charge >= 0.3 is 12.2 Å². The van der Waals surface area contributed by atoms with Gasteiger partial charge in [0.2, 0.25) is 5.91 Å². The van der Waals surface area contributed by atoms with Crippen molar-refractivity contribution in [3.8, 4) is 33.6 Å². The topological polar surface area (TPSA) is 160 Å². The van der Waals surface area contributed by atoms with Gasteiger partial charge in [-0.1, -0.05) is 68.4 Å². The van der Waals surface area contributed by atoms with Crippen LogP contribution in [0.4, 0.5) is 21.0 Å². The number of alkyl carbamates (subject to hydrolysis) is 1. The first kappa shape index (κ1) is 36.3. The fourth-order valence-electron chi connectivity index (χ4n) is 7.62. The smallest absolute Gasteiger partial charge is 0.407 e. The number of imidazole rings is 2. The molecule has 54 heavy (non-hydrogen) atoms. The monoisotopic (exact) mass is 730 g/mol. The van der Waals surface area contributed by atoms with E-state index in [4.69, 9.17) is 9.72 Å². The van der Waals surface area contributed by atoms with Crippen LogP contribution in [0, 0.1) is 5.92 Å². The van der Waals surface area contributed by atoms with Crippen LogP contribution in [0.25, 0.3) is 33.6 Å². The van der Waals surface area contributed by atoms with Crippen molar-refractivity contribution in [3.05, 3.63) is 96.8 Å². The van der Waals surface area contributed by atoms with E-state index in [0.29, 0.717) is 24.7 Å². The molecule has 13 heteroatoms. The van der Waals surface area contributed by atoms with Crippen LogP contribution in [0.5, 0.6) is 0 Å². The number of carboxylic acid groups (broad SMARTS) is 1. The van der Waals surface area contributed by atoms with Crippen molar-refractivity contribution in [3.63, 3.8) is 0 Å². The summed E-state index contributed by atoms with van der Waals surface area (Å²) >= 11 is 0. The molecule has 3 amide bonds. The average molecular weight is 731 g/mol. The normalized spacial score (nSPS) is 17.5. The minimum absolute atomic E-state index is 0.119. The van der Waals surface area contributed by atoms with E-state index in [0.717, 1.165) is 70.7 Å². The highest BCUT2D eigenvalue weighted by Gasteiger charge is 2.37. The van der Waals surface area contributed by atoms with Crippen LogP contribution in [-0.4, -0.2) is 86.2 Å². The molecule has 2 aliphatic rings. The van der Waals surface area contributed by atoms with Gasteiger partial charge in [0.15, 0.2) is 0 Å². The minimum Gasteiger partial charge on any atom is -0.465 e. The summed E-state index contributed by atoms with van der Waals surface area (Å²) in [7, 11) is 3.34. The average Bonchev–Trinajstić information content (AvgIpc) is 4.03. The molecule has 4 heterocycles. The lowest BCUT2D eigenvalue weighted by atomic mass is 9.98. The summed E-state index contributed by atoms with van der Waals surface area (Å²) < 4.78 is 4.79. The Balaban J connectivity index is 1.16. The number of H-pyrrole nitrogens is 2. The van der Waals surface area contributed by atoms with Crippen molar-refractivity contribution in [2.45, 2.75) is 57.7 Å². The van der Waals surface area contributed by atoms with Gasteiger partial charge in [-0.15, -0.1) is 0 Å². The van der Waals surface area contributed by atoms with E-state index in [-0.39, 0.29) is 23.9 Å². The zero-order valence-corrected chi connectivity index (χ0v) is 31.0. The molecule has 7 rings (SSSR count). The fraction of sp³-hybridized carbons (Fsp3) is 0.341. The Morgan fingerprint density at radius 1 is 0.833 bits per heavy atom. The van der Waals surface area contributed by atoms with Gasteiger partial charge in [0.05, 0.1) is 43.0 Å². The number of hydrogen-bond acceptors (Lipinski definition) is 7. The van der Waals surface area contributed by atoms with Gasteiger partial charge in [-0.05, 0) is 60.9 Å². The first-order valence-electron chi connectivity index (χ1n) is 18.4. The maximum atomic E-state index is 13.7. The second-order valence-corrected chi connectivity index (χ2v) is 14.2. The Kier molecular flexibility index (Phi) is 10.4. The van der Waals surface area contributed by atoms with Crippen LogP contribution < -0.4 is 10.2 Å². The zero-order chi connectivity index (χ0) is 37.9. The van der Waals surface area contributed by atoms with Gasteiger partial charge in [0.25, 0.3) is 0 Å². The summed E-state index contributed by atoms with van der Waals surface area (Å²) in [5, 5.41) is 12.3. The Morgan fingerprint density at radius 2 is 1.41 bits per heavy atom. The number of nitrogens with zero attached hydrogens (tertiary/aromatic N) is 5. The molecule has 3 atom stereocenters. The van der Waals surface area contributed by atoms with Crippen molar-refractivity contribution in [1.29, 1.82) is 0 Å². The van der Waals surface area contributed by atoms with Crippen LogP contribution in [0.2, 0.25) is 0 Å². The van der Waals surface area contributed by atoms with Crippen LogP contribution >= 0.6 is 0 Å². The van der Waals surface area contributed by atoms with Gasteiger partial charge in [-0.3, -0.25) is 9.69 Å². The second-order valence-electron chi connectivity index (χ2n) is 14.2. The second kappa shape index (κ2) is 15.5. The van der Waals surface area contributed by atoms with Crippen molar-refractivity contribution in [1.82, 2.24) is 35.1 Å². The van der Waals surface area contributed by atoms with Crippen molar-refractivity contribution in [2.75, 3.05) is 32.1 Å². The third-order valence-electron chi connectivity index (χ3n) is 10.6. The molecule has 0 bridgehead atoms. The molecule has 13 nitrogen and oxygen atoms in total. The molecule has 2 aromatic heterocycles. The number of aromatic amines is 2. The van der Waals surface area contributed by atoms with E-state index in [1.165, 1.54) is 12.0 Å². The van der Waals surface area contributed by atoms with Crippen LogP contribution in [-0.2, 0) is 9.53 Å². The molecule has 0 spiro atoms. The summed E-state index contributed by atoms with van der Waals surface area (Å²) in [5.74, 6) is 1.11. The Morgan fingerprint density at radius 3 is 2.02 bits per heavy atom. The highest BCUT2D eigenvalue weighted by atomic mass is 16.5. The number of ether oxygens (including phenoxy) is 1. The molecule has 0 saturated carbocycles. The first-order valence-corrected chi connectivity index (χ1v) is 18.4. The summed E-state index contributed by atoms with van der Waals surface area (Å²) in [5.41, 5.74) is 7.66. The molecule has 2 aliphatic heterocycles. The van der Waals surface area contributed by atoms with Gasteiger partial charge in [-0.25, -0.2) is 19.6 Å². The highest BCUT2D eigenvalue weighted by molar-refractivity contribution is 5.87. The number of nitrogens with one attached hydrogen (secondary N) is 3. The molecule has 280 valence electrons. The quantitative estimate of drug-likeness (QED) is 0.113. The lowest BCUT2D eigenvalue weighted by Crippen LogP contribution is -2.51. The van der Waals surface area contributed by atoms with Gasteiger partial charge in [0, 0.05) is 42.6 Å². The summed E-state index contributed by atoms with van der Waals surface area (Å²) in [6.07, 6.45) is 5.20. The number of anilines is 2. The summed E-state index contributed by atoms with van der Waals surface area (Å²) in [6, 6.07) is 23.6. The van der Waals surface area contributed by atoms with Crippen LogP contribution in [0.1, 0.15) is 63.3 Å². The Bertz CT molecular complexity index is 2110. The fourth-order valence-corrected chi connectivity index (χ4v) is 7.62. The first-order chi connectivity index (χ1) is 26.1. The molecule has 3 unspecified atom stereocenters. The molecule has 0 radical (unpaired) electrons. The van der Waals surface area contributed by atoms with E-state index < -0.39 is 18.2 Å². The van der Waals surface area contributed by atoms with E-state index in [2.05, 4.69) is 86.8 Å². The van der Waals surface area contributed by atoms with Gasteiger partial charge in [0.1, 0.15) is 17.7 Å². The number of likely N-dealkylation sites (tertiary alicyclic amines) is 2. The minimum atomic E-state index is -0.923. The van der Waals surface area contributed by atoms with Crippen molar-refractivity contribution < 1.29 is 24.2 Å². The third kappa shape index (κ3) is 7.26.